The van der Waals surface area contributed by atoms with Crippen molar-refractivity contribution in [2.45, 2.75) is 31.1 Å². The lowest BCUT2D eigenvalue weighted by Gasteiger charge is -2.34. The predicted octanol–water partition coefficient (Wildman–Crippen LogP) is 3.02. The van der Waals surface area contributed by atoms with Gasteiger partial charge in [0.15, 0.2) is 0 Å². The minimum atomic E-state index is -3.62. The van der Waals surface area contributed by atoms with E-state index in [1.54, 1.807) is 4.90 Å². The third kappa shape index (κ3) is 4.38. The van der Waals surface area contributed by atoms with Gasteiger partial charge in [-0.25, -0.2) is 8.42 Å². The highest BCUT2D eigenvalue weighted by molar-refractivity contribution is 7.89. The summed E-state index contributed by atoms with van der Waals surface area (Å²) in [6.07, 6.45) is 2.36. The molecule has 1 aliphatic heterocycles. The van der Waals surface area contributed by atoms with Crippen LogP contribution in [0, 0.1) is 0 Å². The first-order chi connectivity index (χ1) is 10.9. The summed E-state index contributed by atoms with van der Waals surface area (Å²) in [4.78, 5) is 13.8. The lowest BCUT2D eigenvalue weighted by Crippen LogP contribution is -2.50. The highest BCUT2D eigenvalue weighted by Crippen LogP contribution is 2.27. The third-order valence-electron chi connectivity index (χ3n) is 3.86. The molecule has 0 radical (unpaired) electrons. The Balaban J connectivity index is 2.03. The molecule has 0 saturated carbocycles. The number of carbonyl (C=O) groups excluding carboxylic acids is 1. The molecule has 0 spiro atoms. The molecule has 1 saturated heterocycles. The maximum Gasteiger partial charge on any atom is 0.243 e. The summed E-state index contributed by atoms with van der Waals surface area (Å²) in [6.45, 7) is 3.46. The van der Waals surface area contributed by atoms with Gasteiger partial charge in [0.2, 0.25) is 15.9 Å². The van der Waals surface area contributed by atoms with Crippen molar-refractivity contribution < 1.29 is 13.2 Å². The van der Waals surface area contributed by atoms with E-state index in [-0.39, 0.29) is 15.8 Å². The maximum absolute atomic E-state index is 12.6. The van der Waals surface area contributed by atoms with E-state index < -0.39 is 10.0 Å². The molecule has 1 aromatic rings. The van der Waals surface area contributed by atoms with Crippen LogP contribution < -0.4 is 0 Å². The van der Waals surface area contributed by atoms with Crippen molar-refractivity contribution in [1.82, 2.24) is 9.21 Å². The normalized spacial score (nSPS) is 16.6. The number of nitrogens with zero attached hydrogens (tertiary/aromatic N) is 2. The van der Waals surface area contributed by atoms with Gasteiger partial charge in [0.1, 0.15) is 0 Å². The summed E-state index contributed by atoms with van der Waals surface area (Å²) in [5.41, 5.74) is 0. The van der Waals surface area contributed by atoms with Crippen LogP contribution in [0.1, 0.15) is 26.2 Å². The van der Waals surface area contributed by atoms with Crippen LogP contribution in [0.3, 0.4) is 0 Å². The zero-order valence-electron chi connectivity index (χ0n) is 13.0. The van der Waals surface area contributed by atoms with Gasteiger partial charge in [-0.1, -0.05) is 36.5 Å². The lowest BCUT2D eigenvalue weighted by atomic mass is 10.2. The van der Waals surface area contributed by atoms with Crippen molar-refractivity contribution in [3.05, 3.63) is 28.2 Å². The first-order valence-electron chi connectivity index (χ1n) is 7.59. The van der Waals surface area contributed by atoms with Crippen LogP contribution in [0.15, 0.2) is 23.1 Å². The van der Waals surface area contributed by atoms with Crippen molar-refractivity contribution in [1.29, 1.82) is 0 Å². The van der Waals surface area contributed by atoms with Crippen LogP contribution >= 0.6 is 23.2 Å². The van der Waals surface area contributed by atoms with Crippen LogP contribution in [0.5, 0.6) is 0 Å². The fraction of sp³-hybridized carbons (Fsp3) is 0.533. The van der Waals surface area contributed by atoms with Gasteiger partial charge < -0.3 is 4.90 Å². The number of carbonyl (C=O) groups is 1. The van der Waals surface area contributed by atoms with E-state index in [9.17, 15) is 13.2 Å². The first kappa shape index (κ1) is 18.5. The molecule has 5 nitrogen and oxygen atoms in total. The molecule has 1 aliphatic rings. The Hall–Kier alpha value is -0.820. The fourth-order valence-corrected chi connectivity index (χ4v) is 4.26. The topological polar surface area (TPSA) is 57.7 Å². The number of rotatable bonds is 5. The summed E-state index contributed by atoms with van der Waals surface area (Å²) in [5.74, 6) is 0.0958. The smallest absolute Gasteiger partial charge is 0.243 e. The molecule has 1 aromatic carbocycles. The third-order valence-corrected chi connectivity index (χ3v) is 6.50. The monoisotopic (exact) mass is 378 g/mol. The Morgan fingerprint density at radius 2 is 1.78 bits per heavy atom. The van der Waals surface area contributed by atoms with Gasteiger partial charge in [0, 0.05) is 32.6 Å². The lowest BCUT2D eigenvalue weighted by molar-refractivity contribution is -0.132. The zero-order chi connectivity index (χ0) is 17.0. The highest BCUT2D eigenvalue weighted by Gasteiger charge is 2.30. The predicted molar refractivity (Wildman–Crippen MR) is 91.3 cm³/mol. The van der Waals surface area contributed by atoms with Crippen molar-refractivity contribution >= 4 is 39.1 Å². The van der Waals surface area contributed by atoms with Gasteiger partial charge in [-0.3, -0.25) is 4.79 Å². The number of halogens is 2. The summed E-state index contributed by atoms with van der Waals surface area (Å²) < 4.78 is 26.6. The van der Waals surface area contributed by atoms with Gasteiger partial charge in [-0.2, -0.15) is 4.31 Å². The van der Waals surface area contributed by atoms with Crippen molar-refractivity contribution in [2.75, 3.05) is 26.2 Å². The summed E-state index contributed by atoms with van der Waals surface area (Å²) >= 11 is 11.7. The van der Waals surface area contributed by atoms with Crippen LogP contribution in [0.2, 0.25) is 10.0 Å². The number of hydrogen-bond acceptors (Lipinski definition) is 3. The molecular weight excluding hydrogens is 359 g/mol. The molecule has 8 heteroatoms. The Labute approximate surface area is 147 Å². The largest absolute Gasteiger partial charge is 0.340 e. The quantitative estimate of drug-likeness (QED) is 0.790. The van der Waals surface area contributed by atoms with E-state index in [1.165, 1.54) is 22.5 Å². The van der Waals surface area contributed by atoms with Crippen LogP contribution in [0.25, 0.3) is 0 Å². The molecule has 0 aliphatic carbocycles. The Bertz CT molecular complexity index is 671. The van der Waals surface area contributed by atoms with Gasteiger partial charge in [-0.05, 0) is 24.6 Å². The number of benzene rings is 1. The van der Waals surface area contributed by atoms with Crippen LogP contribution in [0.4, 0.5) is 0 Å². The Morgan fingerprint density at radius 3 is 2.35 bits per heavy atom. The molecular formula is C15H20Cl2N2O3S. The number of piperazine rings is 1. The van der Waals surface area contributed by atoms with Gasteiger partial charge in [-0.15, -0.1) is 0 Å². The van der Waals surface area contributed by atoms with E-state index >= 15 is 0 Å². The molecule has 1 amide bonds. The molecule has 128 valence electrons. The number of amides is 1. The van der Waals surface area contributed by atoms with Gasteiger partial charge in [0.25, 0.3) is 0 Å². The van der Waals surface area contributed by atoms with Gasteiger partial charge >= 0.3 is 0 Å². The number of hydrogen-bond donors (Lipinski definition) is 0. The van der Waals surface area contributed by atoms with E-state index in [1.807, 2.05) is 6.92 Å². The molecule has 0 aromatic heterocycles. The van der Waals surface area contributed by atoms with E-state index in [0.29, 0.717) is 37.6 Å². The van der Waals surface area contributed by atoms with E-state index in [4.69, 9.17) is 23.2 Å². The maximum atomic E-state index is 12.6. The Kier molecular flexibility index (Phi) is 6.31. The molecule has 1 heterocycles. The average molecular weight is 379 g/mol. The first-order valence-corrected chi connectivity index (χ1v) is 9.79. The molecule has 0 atom stereocenters. The van der Waals surface area contributed by atoms with E-state index in [2.05, 4.69) is 0 Å². The molecule has 23 heavy (non-hydrogen) atoms. The SMILES string of the molecule is CCCCC(=O)N1CCN(S(=O)(=O)c2ccc(Cl)c(Cl)c2)CC1. The molecule has 0 bridgehead atoms. The molecule has 2 rings (SSSR count). The second-order valence-electron chi connectivity index (χ2n) is 5.46. The van der Waals surface area contributed by atoms with Crippen LogP contribution in [-0.2, 0) is 14.8 Å². The zero-order valence-corrected chi connectivity index (χ0v) is 15.3. The average Bonchev–Trinajstić information content (AvgIpc) is 2.55. The summed E-state index contributed by atoms with van der Waals surface area (Å²) in [6, 6.07) is 4.28. The molecule has 1 fully saturated rings. The fourth-order valence-electron chi connectivity index (χ4n) is 2.45. The minimum Gasteiger partial charge on any atom is -0.340 e. The Morgan fingerprint density at radius 1 is 1.13 bits per heavy atom. The van der Waals surface area contributed by atoms with Crippen molar-refractivity contribution in [3.63, 3.8) is 0 Å². The van der Waals surface area contributed by atoms with Crippen molar-refractivity contribution in [2.24, 2.45) is 0 Å². The van der Waals surface area contributed by atoms with Crippen molar-refractivity contribution in [3.8, 4) is 0 Å². The van der Waals surface area contributed by atoms with Gasteiger partial charge in [0.05, 0.1) is 14.9 Å². The van der Waals surface area contributed by atoms with Crippen LogP contribution in [-0.4, -0.2) is 49.7 Å². The second-order valence-corrected chi connectivity index (χ2v) is 8.22. The molecule has 0 N–H and O–H groups in total. The summed E-state index contributed by atoms with van der Waals surface area (Å²) in [5, 5.41) is 0.526. The minimum absolute atomic E-state index is 0.0958. The second kappa shape index (κ2) is 7.83. The number of unbranched alkanes of at least 4 members (excludes halogenated alkanes) is 1. The van der Waals surface area contributed by atoms with E-state index in [0.717, 1.165) is 12.8 Å². The summed E-state index contributed by atoms with van der Waals surface area (Å²) in [7, 11) is -3.62. The number of sulfonamides is 1. The standard InChI is InChI=1S/C15H20Cl2N2O3S/c1-2-3-4-15(20)18-7-9-19(10-8-18)23(21,22)12-5-6-13(16)14(17)11-12/h5-6,11H,2-4,7-10H2,1H3. The highest BCUT2D eigenvalue weighted by atomic mass is 35.5. The molecule has 0 unspecified atom stereocenters.